The summed E-state index contributed by atoms with van der Waals surface area (Å²) in [7, 11) is 0. The SMILES string of the molecule is O=[N+]([O-])c1ccc(F)cc1NCc1ccoc1. The van der Waals surface area contributed by atoms with Crippen molar-refractivity contribution in [1.82, 2.24) is 0 Å². The van der Waals surface area contributed by atoms with Gasteiger partial charge in [0, 0.05) is 24.2 Å². The number of nitro benzene ring substituents is 1. The zero-order valence-electron chi connectivity index (χ0n) is 8.72. The van der Waals surface area contributed by atoms with Gasteiger partial charge >= 0.3 is 0 Å². The van der Waals surface area contributed by atoms with E-state index in [2.05, 4.69) is 5.32 Å². The number of hydrogen-bond donors (Lipinski definition) is 1. The van der Waals surface area contributed by atoms with Gasteiger partial charge in [0.25, 0.3) is 5.69 Å². The summed E-state index contributed by atoms with van der Waals surface area (Å²) in [6, 6.07) is 5.00. The van der Waals surface area contributed by atoms with Crippen LogP contribution in [0.2, 0.25) is 0 Å². The topological polar surface area (TPSA) is 68.3 Å². The van der Waals surface area contributed by atoms with Crippen molar-refractivity contribution < 1.29 is 13.7 Å². The van der Waals surface area contributed by atoms with Gasteiger partial charge in [0.1, 0.15) is 11.5 Å². The van der Waals surface area contributed by atoms with Gasteiger partial charge in [-0.3, -0.25) is 10.1 Å². The summed E-state index contributed by atoms with van der Waals surface area (Å²) < 4.78 is 17.9. The summed E-state index contributed by atoms with van der Waals surface area (Å²) in [6.45, 7) is 0.334. The predicted molar refractivity (Wildman–Crippen MR) is 59.1 cm³/mol. The van der Waals surface area contributed by atoms with Crippen LogP contribution < -0.4 is 5.32 Å². The first kappa shape index (κ1) is 11.1. The van der Waals surface area contributed by atoms with Gasteiger partial charge in [-0.25, -0.2) is 4.39 Å². The van der Waals surface area contributed by atoms with Gasteiger partial charge in [-0.2, -0.15) is 0 Å². The molecule has 88 valence electrons. The summed E-state index contributed by atoms with van der Waals surface area (Å²) in [5.41, 5.74) is 0.814. The molecule has 5 nitrogen and oxygen atoms in total. The quantitative estimate of drug-likeness (QED) is 0.654. The van der Waals surface area contributed by atoms with Crippen molar-refractivity contribution in [2.24, 2.45) is 0 Å². The molecule has 0 saturated heterocycles. The highest BCUT2D eigenvalue weighted by molar-refractivity contribution is 5.61. The Balaban J connectivity index is 2.19. The summed E-state index contributed by atoms with van der Waals surface area (Å²) in [6.07, 6.45) is 3.01. The van der Waals surface area contributed by atoms with Crippen molar-refractivity contribution in [3.8, 4) is 0 Å². The van der Waals surface area contributed by atoms with E-state index in [1.54, 1.807) is 6.07 Å². The van der Waals surface area contributed by atoms with Gasteiger partial charge in [-0.15, -0.1) is 0 Å². The summed E-state index contributed by atoms with van der Waals surface area (Å²) in [5.74, 6) is -0.523. The highest BCUT2D eigenvalue weighted by Gasteiger charge is 2.13. The van der Waals surface area contributed by atoms with Crippen LogP contribution in [0.4, 0.5) is 15.8 Å². The van der Waals surface area contributed by atoms with E-state index in [-0.39, 0.29) is 11.4 Å². The number of benzene rings is 1. The molecule has 0 fully saturated rings. The van der Waals surface area contributed by atoms with Crippen molar-refractivity contribution in [1.29, 1.82) is 0 Å². The second-order valence-corrected chi connectivity index (χ2v) is 3.40. The largest absolute Gasteiger partial charge is 0.472 e. The molecule has 1 aromatic heterocycles. The van der Waals surface area contributed by atoms with Crippen LogP contribution in [0.5, 0.6) is 0 Å². The number of halogens is 1. The Morgan fingerprint density at radius 1 is 1.41 bits per heavy atom. The highest BCUT2D eigenvalue weighted by atomic mass is 19.1. The molecule has 1 N–H and O–H groups in total. The van der Waals surface area contributed by atoms with Crippen LogP contribution >= 0.6 is 0 Å². The van der Waals surface area contributed by atoms with Gasteiger partial charge in [0.2, 0.25) is 0 Å². The third-order valence-electron chi connectivity index (χ3n) is 2.22. The normalized spacial score (nSPS) is 10.2. The Labute approximate surface area is 96.0 Å². The molecule has 2 rings (SSSR count). The highest BCUT2D eigenvalue weighted by Crippen LogP contribution is 2.25. The summed E-state index contributed by atoms with van der Waals surface area (Å²) >= 11 is 0. The number of rotatable bonds is 4. The van der Waals surface area contributed by atoms with Crippen LogP contribution in [-0.2, 0) is 6.54 Å². The molecule has 17 heavy (non-hydrogen) atoms. The van der Waals surface area contributed by atoms with Crippen molar-refractivity contribution >= 4 is 11.4 Å². The molecular formula is C11H9FN2O3. The van der Waals surface area contributed by atoms with E-state index in [0.29, 0.717) is 6.54 Å². The molecule has 0 aliphatic carbocycles. The molecule has 0 aliphatic heterocycles. The number of furan rings is 1. The Bertz CT molecular complexity index is 526. The molecule has 0 saturated carbocycles. The molecular weight excluding hydrogens is 227 g/mol. The zero-order chi connectivity index (χ0) is 12.3. The molecule has 1 heterocycles. The first-order chi connectivity index (χ1) is 8.16. The van der Waals surface area contributed by atoms with Gasteiger partial charge in [-0.1, -0.05) is 0 Å². The molecule has 0 radical (unpaired) electrons. The maximum atomic E-state index is 13.0. The van der Waals surface area contributed by atoms with Crippen LogP contribution in [0.1, 0.15) is 5.56 Å². The van der Waals surface area contributed by atoms with Crippen molar-refractivity contribution in [3.63, 3.8) is 0 Å². The maximum absolute atomic E-state index is 13.0. The predicted octanol–water partition coefficient (Wildman–Crippen LogP) is 2.94. The average molecular weight is 236 g/mol. The van der Waals surface area contributed by atoms with E-state index in [4.69, 9.17) is 4.42 Å². The third kappa shape index (κ3) is 2.60. The fourth-order valence-corrected chi connectivity index (χ4v) is 1.40. The summed E-state index contributed by atoms with van der Waals surface area (Å²) in [5, 5.41) is 13.5. The van der Waals surface area contributed by atoms with Crippen LogP contribution in [-0.4, -0.2) is 4.92 Å². The van der Waals surface area contributed by atoms with Gasteiger partial charge in [0.15, 0.2) is 0 Å². The Morgan fingerprint density at radius 2 is 2.24 bits per heavy atom. The minimum atomic E-state index is -0.558. The molecule has 0 aliphatic rings. The minimum Gasteiger partial charge on any atom is -0.472 e. The second-order valence-electron chi connectivity index (χ2n) is 3.40. The Hall–Kier alpha value is -2.37. The molecule has 0 bridgehead atoms. The molecule has 6 heteroatoms. The first-order valence-corrected chi connectivity index (χ1v) is 4.85. The zero-order valence-corrected chi connectivity index (χ0v) is 8.72. The monoisotopic (exact) mass is 236 g/mol. The van der Waals surface area contributed by atoms with E-state index < -0.39 is 10.7 Å². The van der Waals surface area contributed by atoms with E-state index >= 15 is 0 Å². The number of hydrogen-bond acceptors (Lipinski definition) is 4. The number of nitro groups is 1. The van der Waals surface area contributed by atoms with Crippen LogP contribution in [0.3, 0.4) is 0 Å². The smallest absolute Gasteiger partial charge is 0.292 e. The lowest BCUT2D eigenvalue weighted by atomic mass is 10.2. The molecule has 0 spiro atoms. The third-order valence-corrected chi connectivity index (χ3v) is 2.22. The average Bonchev–Trinajstić information content (AvgIpc) is 2.78. The van der Waals surface area contributed by atoms with E-state index in [1.807, 2.05) is 0 Å². The fourth-order valence-electron chi connectivity index (χ4n) is 1.40. The minimum absolute atomic E-state index is 0.149. The fraction of sp³-hybridized carbons (Fsp3) is 0.0909. The van der Waals surface area contributed by atoms with Gasteiger partial charge in [-0.05, 0) is 12.1 Å². The lowest BCUT2D eigenvalue weighted by Crippen LogP contribution is -2.02. The van der Waals surface area contributed by atoms with E-state index in [0.717, 1.165) is 23.8 Å². The standard InChI is InChI=1S/C11H9FN2O3/c12-9-1-2-11(14(15)16)10(5-9)13-6-8-3-4-17-7-8/h1-5,7,13H,6H2. The lowest BCUT2D eigenvalue weighted by Gasteiger charge is -2.05. The first-order valence-electron chi connectivity index (χ1n) is 4.85. The van der Waals surface area contributed by atoms with Crippen molar-refractivity contribution in [2.75, 3.05) is 5.32 Å². The summed E-state index contributed by atoms with van der Waals surface area (Å²) in [4.78, 5) is 10.2. The second kappa shape index (κ2) is 4.65. The molecule has 0 unspecified atom stereocenters. The Morgan fingerprint density at radius 3 is 2.88 bits per heavy atom. The molecule has 0 amide bonds. The molecule has 2 aromatic rings. The number of anilines is 1. The van der Waals surface area contributed by atoms with E-state index in [1.165, 1.54) is 12.5 Å². The van der Waals surface area contributed by atoms with Crippen LogP contribution in [0, 0.1) is 15.9 Å². The number of nitrogens with zero attached hydrogens (tertiary/aromatic N) is 1. The van der Waals surface area contributed by atoms with Gasteiger partial charge in [0.05, 0.1) is 17.4 Å². The van der Waals surface area contributed by atoms with Gasteiger partial charge < -0.3 is 9.73 Å². The Kier molecular flexibility index (Phi) is 3.04. The van der Waals surface area contributed by atoms with E-state index in [9.17, 15) is 14.5 Å². The molecule has 1 aromatic carbocycles. The van der Waals surface area contributed by atoms with Crippen molar-refractivity contribution in [3.05, 3.63) is 58.3 Å². The van der Waals surface area contributed by atoms with Crippen molar-refractivity contribution in [2.45, 2.75) is 6.54 Å². The lowest BCUT2D eigenvalue weighted by molar-refractivity contribution is -0.384. The maximum Gasteiger partial charge on any atom is 0.292 e. The van der Waals surface area contributed by atoms with Crippen LogP contribution in [0.15, 0.2) is 41.2 Å². The van der Waals surface area contributed by atoms with Crippen LogP contribution in [0.25, 0.3) is 0 Å². The molecule has 0 atom stereocenters. The number of nitrogens with one attached hydrogen (secondary N) is 1.